The van der Waals surface area contributed by atoms with Crippen molar-refractivity contribution in [2.75, 3.05) is 19.8 Å². The largest absolute Gasteiger partial charge is 0.356 e. The summed E-state index contributed by atoms with van der Waals surface area (Å²) in [4.78, 5) is 12.2. The molecule has 1 aliphatic heterocycles. The molecule has 4 nitrogen and oxygen atoms in total. The molecule has 2 atom stereocenters. The maximum atomic E-state index is 13.3. The average Bonchev–Trinajstić information content (AvgIpc) is 3.14. The van der Waals surface area contributed by atoms with E-state index in [1.807, 2.05) is 13.0 Å². The first-order valence-electron chi connectivity index (χ1n) is 9.70. The number of benzene rings is 1. The Morgan fingerprint density at radius 3 is 2.73 bits per heavy atom. The topological polar surface area (TPSA) is 47.6 Å². The van der Waals surface area contributed by atoms with Crippen LogP contribution in [0.1, 0.15) is 64.4 Å². The van der Waals surface area contributed by atoms with Crippen LogP contribution in [0.4, 0.5) is 4.39 Å². The van der Waals surface area contributed by atoms with Gasteiger partial charge in [0.05, 0.1) is 13.2 Å². The van der Waals surface area contributed by atoms with Gasteiger partial charge in [-0.2, -0.15) is 0 Å². The first kappa shape index (κ1) is 20.8. The fourth-order valence-electron chi connectivity index (χ4n) is 3.69. The van der Waals surface area contributed by atoms with Crippen LogP contribution in [0.5, 0.6) is 0 Å². The molecule has 2 rings (SSSR count). The van der Waals surface area contributed by atoms with Crippen molar-refractivity contribution in [2.24, 2.45) is 5.41 Å². The van der Waals surface area contributed by atoms with Crippen molar-refractivity contribution in [3.63, 3.8) is 0 Å². The fraction of sp³-hybridized carbons (Fsp3) is 0.667. The van der Waals surface area contributed by atoms with Gasteiger partial charge in [0.15, 0.2) is 6.29 Å². The molecule has 1 heterocycles. The molecule has 5 heteroatoms. The van der Waals surface area contributed by atoms with Crippen molar-refractivity contribution in [1.82, 2.24) is 5.32 Å². The summed E-state index contributed by atoms with van der Waals surface area (Å²) in [5.41, 5.74) is 0.844. The highest BCUT2D eigenvalue weighted by Crippen LogP contribution is 2.37. The molecule has 0 spiro atoms. The van der Waals surface area contributed by atoms with E-state index in [1.165, 1.54) is 12.1 Å². The third-order valence-corrected chi connectivity index (χ3v) is 5.17. The second-order valence-electron chi connectivity index (χ2n) is 7.59. The number of nitrogens with one attached hydrogen (secondary N) is 1. The van der Waals surface area contributed by atoms with Gasteiger partial charge in [-0.25, -0.2) is 4.39 Å². The first-order chi connectivity index (χ1) is 12.4. The lowest BCUT2D eigenvalue weighted by Crippen LogP contribution is -2.34. The number of hydrogen-bond donors (Lipinski definition) is 1. The van der Waals surface area contributed by atoms with E-state index in [2.05, 4.69) is 19.2 Å². The van der Waals surface area contributed by atoms with Crippen LogP contribution >= 0.6 is 0 Å². The minimum atomic E-state index is -0.263. The van der Waals surface area contributed by atoms with Gasteiger partial charge in [-0.1, -0.05) is 39.3 Å². The van der Waals surface area contributed by atoms with Crippen molar-refractivity contribution in [1.29, 1.82) is 0 Å². The van der Waals surface area contributed by atoms with Crippen LogP contribution in [0.15, 0.2) is 24.3 Å². The number of carbonyl (C=O) groups is 1. The van der Waals surface area contributed by atoms with Gasteiger partial charge in [-0.05, 0) is 42.9 Å². The van der Waals surface area contributed by atoms with E-state index >= 15 is 0 Å². The van der Waals surface area contributed by atoms with Gasteiger partial charge in [0.2, 0.25) is 5.91 Å². The lowest BCUT2D eigenvalue weighted by molar-refractivity contribution is -0.133. The van der Waals surface area contributed by atoms with Crippen molar-refractivity contribution in [3.8, 4) is 0 Å². The molecular weight excluding hydrogens is 333 g/mol. The van der Waals surface area contributed by atoms with Crippen molar-refractivity contribution in [3.05, 3.63) is 35.6 Å². The van der Waals surface area contributed by atoms with E-state index in [9.17, 15) is 9.18 Å². The summed E-state index contributed by atoms with van der Waals surface area (Å²) in [5, 5.41) is 2.99. The number of halogens is 1. The highest BCUT2D eigenvalue weighted by Gasteiger charge is 2.37. The first-order valence-corrected chi connectivity index (χ1v) is 9.70. The number of amides is 1. The molecule has 1 N–H and O–H groups in total. The summed E-state index contributed by atoms with van der Waals surface area (Å²) < 4.78 is 24.7. The maximum absolute atomic E-state index is 13.3. The average molecular weight is 365 g/mol. The standard InChI is InChI=1S/C21H32FNO3/c1-4-9-21(3,20-25-12-13-26-20)10-6-11-23-19(24)14-16(2)17-7-5-8-18(22)15-17/h5,7-8,15-16,20H,4,6,9-14H2,1-3H3,(H,23,24)/t16-,21+/m0/s1. The van der Waals surface area contributed by atoms with Crippen molar-refractivity contribution < 1.29 is 18.7 Å². The predicted octanol–water partition coefficient (Wildman–Crippen LogP) is 4.40. The summed E-state index contributed by atoms with van der Waals surface area (Å²) in [6.07, 6.45) is 4.20. The maximum Gasteiger partial charge on any atom is 0.220 e. The van der Waals surface area contributed by atoms with E-state index < -0.39 is 0 Å². The van der Waals surface area contributed by atoms with Crippen LogP contribution in [0.25, 0.3) is 0 Å². The number of hydrogen-bond acceptors (Lipinski definition) is 3. The van der Waals surface area contributed by atoms with Crippen LogP contribution in [0.3, 0.4) is 0 Å². The number of ether oxygens (including phenoxy) is 2. The van der Waals surface area contributed by atoms with E-state index in [1.54, 1.807) is 6.07 Å². The quantitative estimate of drug-likeness (QED) is 0.625. The van der Waals surface area contributed by atoms with Gasteiger partial charge in [0.1, 0.15) is 5.82 Å². The Kier molecular flexibility index (Phi) is 8.04. The predicted molar refractivity (Wildman–Crippen MR) is 100 cm³/mol. The van der Waals surface area contributed by atoms with E-state index in [-0.39, 0.29) is 29.3 Å². The summed E-state index contributed by atoms with van der Waals surface area (Å²) >= 11 is 0. The zero-order valence-electron chi connectivity index (χ0n) is 16.2. The summed E-state index contributed by atoms with van der Waals surface area (Å²) in [6.45, 7) is 8.29. The molecule has 0 aromatic heterocycles. The van der Waals surface area contributed by atoms with Gasteiger partial charge in [0.25, 0.3) is 0 Å². The summed E-state index contributed by atoms with van der Waals surface area (Å²) in [5.74, 6) is -0.259. The Balaban J connectivity index is 1.73. The second kappa shape index (κ2) is 10.0. The molecule has 146 valence electrons. The molecule has 1 aromatic carbocycles. The Bertz CT molecular complexity index is 574. The molecule has 1 aliphatic rings. The minimum absolute atomic E-state index is 0.00338. The molecule has 0 saturated carbocycles. The van der Waals surface area contributed by atoms with Gasteiger partial charge in [0, 0.05) is 18.4 Å². The zero-order valence-corrected chi connectivity index (χ0v) is 16.2. The van der Waals surface area contributed by atoms with Gasteiger partial charge in [-0.15, -0.1) is 0 Å². The van der Waals surface area contributed by atoms with Crippen LogP contribution in [-0.2, 0) is 14.3 Å². The Morgan fingerprint density at radius 2 is 2.08 bits per heavy atom. The summed E-state index contributed by atoms with van der Waals surface area (Å²) in [7, 11) is 0. The number of carbonyl (C=O) groups excluding carboxylic acids is 1. The fourth-order valence-corrected chi connectivity index (χ4v) is 3.69. The third-order valence-electron chi connectivity index (χ3n) is 5.17. The van der Waals surface area contributed by atoms with Crippen LogP contribution in [0, 0.1) is 11.2 Å². The van der Waals surface area contributed by atoms with Crippen LogP contribution < -0.4 is 5.32 Å². The van der Waals surface area contributed by atoms with Gasteiger partial charge >= 0.3 is 0 Å². The third kappa shape index (κ3) is 6.06. The molecule has 0 aliphatic carbocycles. The zero-order chi connectivity index (χ0) is 19.0. The Morgan fingerprint density at radius 1 is 1.35 bits per heavy atom. The Labute approximate surface area is 156 Å². The molecule has 1 aromatic rings. The monoisotopic (exact) mass is 365 g/mol. The van der Waals surface area contributed by atoms with Gasteiger partial charge < -0.3 is 14.8 Å². The second-order valence-corrected chi connectivity index (χ2v) is 7.59. The summed E-state index contributed by atoms with van der Waals surface area (Å²) in [6, 6.07) is 6.46. The minimum Gasteiger partial charge on any atom is -0.356 e. The van der Waals surface area contributed by atoms with E-state index in [0.29, 0.717) is 26.2 Å². The lowest BCUT2D eigenvalue weighted by atomic mass is 9.80. The molecule has 1 amide bonds. The molecule has 1 saturated heterocycles. The molecular formula is C21H32FNO3. The van der Waals surface area contributed by atoms with E-state index in [0.717, 1.165) is 31.2 Å². The molecule has 0 radical (unpaired) electrons. The lowest BCUT2D eigenvalue weighted by Gasteiger charge is -2.34. The molecule has 1 fully saturated rings. The van der Waals surface area contributed by atoms with Crippen molar-refractivity contribution >= 4 is 5.91 Å². The van der Waals surface area contributed by atoms with Crippen LogP contribution in [-0.4, -0.2) is 32.0 Å². The van der Waals surface area contributed by atoms with E-state index in [4.69, 9.17) is 9.47 Å². The highest BCUT2D eigenvalue weighted by atomic mass is 19.1. The highest BCUT2D eigenvalue weighted by molar-refractivity contribution is 5.76. The smallest absolute Gasteiger partial charge is 0.220 e. The van der Waals surface area contributed by atoms with Crippen LogP contribution in [0.2, 0.25) is 0 Å². The van der Waals surface area contributed by atoms with Gasteiger partial charge in [-0.3, -0.25) is 4.79 Å². The normalized spacial score (nSPS) is 18.5. The molecule has 0 bridgehead atoms. The van der Waals surface area contributed by atoms with Crippen molar-refractivity contribution in [2.45, 2.75) is 65.1 Å². The molecule has 0 unspecified atom stereocenters. The molecule has 26 heavy (non-hydrogen) atoms. The SMILES string of the molecule is CCC[C@](C)(CCCNC(=O)C[C@H](C)c1cccc(F)c1)C1OCCO1. The Hall–Kier alpha value is -1.46. The number of rotatable bonds is 10.